The number of hydrogen-bond donors (Lipinski definition) is 2. The highest BCUT2D eigenvalue weighted by atomic mass is 19.3. The first-order chi connectivity index (χ1) is 12.9. The molecule has 0 bridgehead atoms. The molecule has 4 nitrogen and oxygen atoms in total. The topological polar surface area (TPSA) is 58.6 Å². The molecule has 0 amide bonds. The minimum Gasteiger partial charge on any atom is -0.478 e. The average molecular weight is 377 g/mol. The van der Waals surface area contributed by atoms with Crippen molar-refractivity contribution in [3.63, 3.8) is 0 Å². The largest absolute Gasteiger partial charge is 0.478 e. The lowest BCUT2D eigenvalue weighted by molar-refractivity contribution is -0.0499. The predicted molar refractivity (Wildman–Crippen MR) is 92.9 cm³/mol. The van der Waals surface area contributed by atoms with Gasteiger partial charge in [0.05, 0.1) is 11.6 Å². The van der Waals surface area contributed by atoms with Gasteiger partial charge in [0.1, 0.15) is 11.6 Å². The van der Waals surface area contributed by atoms with E-state index in [0.717, 1.165) is 36.6 Å². The zero-order valence-electron chi connectivity index (χ0n) is 14.3. The van der Waals surface area contributed by atoms with E-state index in [1.165, 1.54) is 18.2 Å². The van der Waals surface area contributed by atoms with Crippen molar-refractivity contribution in [1.29, 1.82) is 0 Å². The monoisotopic (exact) mass is 377 g/mol. The molecule has 2 aliphatic rings. The van der Waals surface area contributed by atoms with E-state index in [9.17, 15) is 18.0 Å². The highest BCUT2D eigenvalue weighted by Crippen LogP contribution is 2.53. The van der Waals surface area contributed by atoms with Crippen LogP contribution < -0.4 is 10.1 Å². The van der Waals surface area contributed by atoms with E-state index in [1.54, 1.807) is 12.1 Å². The van der Waals surface area contributed by atoms with Gasteiger partial charge < -0.3 is 15.2 Å². The molecule has 142 valence electrons. The molecule has 2 N–H and O–H groups in total. The van der Waals surface area contributed by atoms with Crippen molar-refractivity contribution in [1.82, 2.24) is 0 Å². The Morgan fingerprint density at radius 3 is 2.67 bits per heavy atom. The second-order valence-electron chi connectivity index (χ2n) is 6.99. The van der Waals surface area contributed by atoms with Gasteiger partial charge in [-0.3, -0.25) is 0 Å². The molecule has 0 radical (unpaired) electrons. The summed E-state index contributed by atoms with van der Waals surface area (Å²) in [6, 6.07) is 8.45. The van der Waals surface area contributed by atoms with E-state index in [-0.39, 0.29) is 29.2 Å². The predicted octanol–water partition coefficient (Wildman–Crippen LogP) is 5.18. The standard InChI is InChI=1S/C20H18F3NO3/c21-16-8-10(19(25)26)4-6-14(16)18-13-3-1-2-12(13)15-9-11(27-20(22)23)5-7-17(15)24-18/h4-9,12-13,18,20,24H,1-3H2,(H,25,26)/t12-,13+,18-/m1/s1. The van der Waals surface area contributed by atoms with Crippen LogP contribution in [0.15, 0.2) is 36.4 Å². The Hall–Kier alpha value is -2.70. The van der Waals surface area contributed by atoms with Crippen LogP contribution in [0.4, 0.5) is 18.9 Å². The second kappa shape index (κ2) is 6.79. The Morgan fingerprint density at radius 1 is 1.15 bits per heavy atom. The maximum Gasteiger partial charge on any atom is 0.387 e. The van der Waals surface area contributed by atoms with Crippen molar-refractivity contribution in [3.05, 3.63) is 58.9 Å². The number of alkyl halides is 2. The van der Waals surface area contributed by atoms with Gasteiger partial charge in [0.15, 0.2) is 0 Å². The Balaban J connectivity index is 1.70. The summed E-state index contributed by atoms with van der Waals surface area (Å²) in [5.74, 6) is -1.39. The van der Waals surface area contributed by atoms with Crippen LogP contribution in [0, 0.1) is 11.7 Å². The lowest BCUT2D eigenvalue weighted by atomic mass is 9.77. The number of carboxylic acids is 1. The van der Waals surface area contributed by atoms with Gasteiger partial charge in [0, 0.05) is 11.3 Å². The number of ether oxygens (including phenoxy) is 1. The summed E-state index contributed by atoms with van der Waals surface area (Å²) < 4.78 is 44.2. The quantitative estimate of drug-likeness (QED) is 0.771. The average Bonchev–Trinajstić information content (AvgIpc) is 3.11. The highest BCUT2D eigenvalue weighted by molar-refractivity contribution is 5.87. The molecule has 1 fully saturated rings. The van der Waals surface area contributed by atoms with Crippen LogP contribution in [0.2, 0.25) is 0 Å². The maximum atomic E-state index is 14.6. The minimum atomic E-state index is -2.88. The van der Waals surface area contributed by atoms with Crippen molar-refractivity contribution in [2.75, 3.05) is 5.32 Å². The van der Waals surface area contributed by atoms with Gasteiger partial charge in [-0.1, -0.05) is 12.5 Å². The number of rotatable bonds is 4. The first-order valence-corrected chi connectivity index (χ1v) is 8.82. The number of halogens is 3. The third-order valence-corrected chi connectivity index (χ3v) is 5.54. The van der Waals surface area contributed by atoms with Gasteiger partial charge in [-0.2, -0.15) is 8.78 Å². The fourth-order valence-electron chi connectivity index (χ4n) is 4.42. The van der Waals surface area contributed by atoms with E-state index in [4.69, 9.17) is 5.11 Å². The molecule has 2 aromatic carbocycles. The van der Waals surface area contributed by atoms with Crippen molar-refractivity contribution in [2.24, 2.45) is 5.92 Å². The highest BCUT2D eigenvalue weighted by Gasteiger charge is 2.41. The molecule has 27 heavy (non-hydrogen) atoms. The van der Waals surface area contributed by atoms with Crippen LogP contribution >= 0.6 is 0 Å². The molecule has 0 spiro atoms. The number of benzene rings is 2. The summed E-state index contributed by atoms with van der Waals surface area (Å²) in [7, 11) is 0. The molecule has 0 saturated heterocycles. The molecule has 1 saturated carbocycles. The van der Waals surface area contributed by atoms with E-state index in [2.05, 4.69) is 10.1 Å². The van der Waals surface area contributed by atoms with E-state index >= 15 is 0 Å². The number of aromatic carboxylic acids is 1. The van der Waals surface area contributed by atoms with Crippen LogP contribution in [-0.4, -0.2) is 17.7 Å². The zero-order valence-corrected chi connectivity index (χ0v) is 14.3. The molecule has 1 aliphatic carbocycles. The smallest absolute Gasteiger partial charge is 0.387 e. The van der Waals surface area contributed by atoms with Crippen LogP contribution in [0.3, 0.4) is 0 Å². The van der Waals surface area contributed by atoms with Crippen LogP contribution in [-0.2, 0) is 0 Å². The number of nitrogens with one attached hydrogen (secondary N) is 1. The molecule has 0 unspecified atom stereocenters. The van der Waals surface area contributed by atoms with Crippen LogP contribution in [0.5, 0.6) is 5.75 Å². The lowest BCUT2D eigenvalue weighted by Gasteiger charge is -2.38. The number of anilines is 1. The third kappa shape index (κ3) is 3.22. The summed E-state index contributed by atoms with van der Waals surface area (Å²) >= 11 is 0. The second-order valence-corrected chi connectivity index (χ2v) is 6.99. The normalized spacial score (nSPS) is 23.5. The molecule has 7 heteroatoms. The molecule has 1 aliphatic heterocycles. The summed E-state index contributed by atoms with van der Waals surface area (Å²) in [5.41, 5.74) is 2.01. The fraction of sp³-hybridized carbons (Fsp3) is 0.350. The summed E-state index contributed by atoms with van der Waals surface area (Å²) in [4.78, 5) is 11.0. The third-order valence-electron chi connectivity index (χ3n) is 5.54. The van der Waals surface area contributed by atoms with Gasteiger partial charge in [0.25, 0.3) is 0 Å². The Labute approximate surface area is 154 Å². The molecule has 4 rings (SSSR count). The Kier molecular flexibility index (Phi) is 4.45. The van der Waals surface area contributed by atoms with Crippen LogP contribution in [0.25, 0.3) is 0 Å². The summed E-state index contributed by atoms with van der Waals surface area (Å²) in [5, 5.41) is 12.4. The molecule has 2 aromatic rings. The number of carboxylic acid groups (broad SMARTS) is 1. The van der Waals surface area contributed by atoms with E-state index < -0.39 is 18.4 Å². The van der Waals surface area contributed by atoms with Gasteiger partial charge in [0.2, 0.25) is 0 Å². The zero-order chi connectivity index (χ0) is 19.1. The summed E-state index contributed by atoms with van der Waals surface area (Å²) in [6.07, 6.45) is 2.73. The number of carbonyl (C=O) groups is 1. The first-order valence-electron chi connectivity index (χ1n) is 8.82. The molecular formula is C20H18F3NO3. The lowest BCUT2D eigenvalue weighted by Crippen LogP contribution is -2.29. The maximum absolute atomic E-state index is 14.6. The van der Waals surface area contributed by atoms with Crippen molar-refractivity contribution >= 4 is 11.7 Å². The van der Waals surface area contributed by atoms with Gasteiger partial charge >= 0.3 is 12.6 Å². The molecular weight excluding hydrogens is 359 g/mol. The summed E-state index contributed by atoms with van der Waals surface area (Å²) in [6.45, 7) is -2.88. The van der Waals surface area contributed by atoms with Crippen LogP contribution in [0.1, 0.15) is 52.7 Å². The van der Waals surface area contributed by atoms with Crippen molar-refractivity contribution in [2.45, 2.75) is 37.8 Å². The SMILES string of the molecule is O=C(O)c1ccc([C@@H]2Nc3ccc(OC(F)F)cc3[C@@H]3CCC[C@@H]32)c(F)c1. The number of hydrogen-bond acceptors (Lipinski definition) is 3. The van der Waals surface area contributed by atoms with Gasteiger partial charge in [-0.25, -0.2) is 9.18 Å². The fourth-order valence-corrected chi connectivity index (χ4v) is 4.42. The Bertz CT molecular complexity index is 887. The van der Waals surface area contributed by atoms with Crippen molar-refractivity contribution in [3.8, 4) is 5.75 Å². The molecule has 1 heterocycles. The molecule has 3 atom stereocenters. The Morgan fingerprint density at radius 2 is 1.96 bits per heavy atom. The van der Waals surface area contributed by atoms with Crippen molar-refractivity contribution < 1.29 is 27.8 Å². The first kappa shape index (κ1) is 17.7. The van der Waals surface area contributed by atoms with Gasteiger partial charge in [-0.05, 0) is 60.6 Å². The van der Waals surface area contributed by atoms with E-state index in [1.807, 2.05) is 0 Å². The van der Waals surface area contributed by atoms with E-state index in [0.29, 0.717) is 5.56 Å². The minimum absolute atomic E-state index is 0.0933. The van der Waals surface area contributed by atoms with Gasteiger partial charge in [-0.15, -0.1) is 0 Å². The molecule has 0 aromatic heterocycles. The number of fused-ring (bicyclic) bond motifs is 3.